The molecule has 2 nitrogen and oxygen atoms in total. The third-order valence-electron chi connectivity index (χ3n) is 5.92. The number of rotatable bonds is 4. The second-order valence-electron chi connectivity index (χ2n) is 7.09. The molecule has 19 heavy (non-hydrogen) atoms. The molecule has 2 fully saturated rings. The lowest BCUT2D eigenvalue weighted by Gasteiger charge is -2.42. The van der Waals surface area contributed by atoms with Crippen molar-refractivity contribution in [2.24, 2.45) is 28.9 Å². The molecule has 2 aliphatic rings. The van der Waals surface area contributed by atoms with Crippen molar-refractivity contribution in [1.29, 1.82) is 0 Å². The Morgan fingerprint density at radius 2 is 1.79 bits per heavy atom. The minimum atomic E-state index is -0.165. The Kier molecular flexibility index (Phi) is 5.05. The van der Waals surface area contributed by atoms with Crippen LogP contribution in [0.5, 0.6) is 0 Å². The van der Waals surface area contributed by atoms with E-state index in [9.17, 15) is 4.79 Å². The maximum atomic E-state index is 13.1. The van der Waals surface area contributed by atoms with Gasteiger partial charge in [-0.25, -0.2) is 0 Å². The van der Waals surface area contributed by atoms with E-state index in [4.69, 9.17) is 5.73 Å². The van der Waals surface area contributed by atoms with Gasteiger partial charge in [0.25, 0.3) is 0 Å². The van der Waals surface area contributed by atoms with Gasteiger partial charge in [0.05, 0.1) is 0 Å². The molecule has 0 aromatic heterocycles. The zero-order valence-corrected chi connectivity index (χ0v) is 12.8. The first kappa shape index (κ1) is 15.0. The molecule has 0 saturated heterocycles. The van der Waals surface area contributed by atoms with Crippen molar-refractivity contribution in [3.63, 3.8) is 0 Å². The highest BCUT2D eigenvalue weighted by Crippen LogP contribution is 2.44. The molecule has 110 valence electrons. The lowest BCUT2D eigenvalue weighted by Crippen LogP contribution is -2.46. The number of hydrogen-bond donors (Lipinski definition) is 1. The second-order valence-corrected chi connectivity index (χ2v) is 7.09. The fourth-order valence-corrected chi connectivity index (χ4v) is 4.30. The van der Waals surface area contributed by atoms with Crippen molar-refractivity contribution in [2.75, 3.05) is 6.54 Å². The monoisotopic (exact) mass is 265 g/mol. The van der Waals surface area contributed by atoms with E-state index in [1.165, 1.54) is 32.1 Å². The lowest BCUT2D eigenvalue weighted by molar-refractivity contribution is -0.137. The van der Waals surface area contributed by atoms with Crippen LogP contribution in [0.3, 0.4) is 0 Å². The third-order valence-corrected chi connectivity index (χ3v) is 5.92. The van der Waals surface area contributed by atoms with Gasteiger partial charge in [-0.1, -0.05) is 33.1 Å². The Balaban J connectivity index is 2.11. The number of hydrogen-bond acceptors (Lipinski definition) is 2. The van der Waals surface area contributed by atoms with E-state index in [2.05, 4.69) is 13.8 Å². The summed E-state index contributed by atoms with van der Waals surface area (Å²) < 4.78 is 0. The summed E-state index contributed by atoms with van der Waals surface area (Å²) in [7, 11) is 0. The molecule has 2 N–H and O–H groups in total. The van der Waals surface area contributed by atoms with Gasteiger partial charge >= 0.3 is 0 Å². The number of carbonyl (C=O) groups excluding carboxylic acids is 1. The van der Waals surface area contributed by atoms with Crippen molar-refractivity contribution in [1.82, 2.24) is 0 Å². The predicted molar refractivity (Wildman–Crippen MR) is 79.9 cm³/mol. The SMILES string of the molecule is CCC1CCCCC1C(=O)C1(CN)CCC(C)CC1. The van der Waals surface area contributed by atoms with Gasteiger partial charge in [-0.3, -0.25) is 4.79 Å². The Morgan fingerprint density at radius 3 is 2.37 bits per heavy atom. The molecule has 0 aliphatic heterocycles. The van der Waals surface area contributed by atoms with Gasteiger partial charge in [-0.05, 0) is 50.4 Å². The van der Waals surface area contributed by atoms with Gasteiger partial charge in [0, 0.05) is 17.9 Å². The summed E-state index contributed by atoms with van der Waals surface area (Å²) in [5, 5.41) is 0. The van der Waals surface area contributed by atoms with Crippen LogP contribution >= 0.6 is 0 Å². The summed E-state index contributed by atoms with van der Waals surface area (Å²) >= 11 is 0. The lowest BCUT2D eigenvalue weighted by atomic mass is 9.62. The fourth-order valence-electron chi connectivity index (χ4n) is 4.30. The van der Waals surface area contributed by atoms with Crippen molar-refractivity contribution in [2.45, 2.75) is 71.6 Å². The average Bonchev–Trinajstić information content (AvgIpc) is 2.47. The molecular formula is C17H31NO. The van der Waals surface area contributed by atoms with Gasteiger partial charge in [-0.2, -0.15) is 0 Å². The van der Waals surface area contributed by atoms with E-state index >= 15 is 0 Å². The summed E-state index contributed by atoms with van der Waals surface area (Å²) in [5.74, 6) is 2.26. The van der Waals surface area contributed by atoms with Crippen LogP contribution in [0.15, 0.2) is 0 Å². The van der Waals surface area contributed by atoms with E-state index in [-0.39, 0.29) is 5.41 Å². The van der Waals surface area contributed by atoms with Crippen LogP contribution in [0.4, 0.5) is 0 Å². The van der Waals surface area contributed by atoms with Crippen LogP contribution < -0.4 is 5.73 Å². The second kappa shape index (κ2) is 6.39. The topological polar surface area (TPSA) is 43.1 Å². The summed E-state index contributed by atoms with van der Waals surface area (Å²) in [6.07, 6.45) is 10.5. The summed E-state index contributed by atoms with van der Waals surface area (Å²) in [6, 6.07) is 0. The first-order valence-corrected chi connectivity index (χ1v) is 8.37. The molecule has 0 aromatic rings. The van der Waals surface area contributed by atoms with Crippen molar-refractivity contribution in [3.8, 4) is 0 Å². The maximum absolute atomic E-state index is 13.1. The van der Waals surface area contributed by atoms with E-state index in [1.807, 2.05) is 0 Å². The molecule has 2 heteroatoms. The molecule has 0 spiro atoms. The first-order valence-electron chi connectivity index (χ1n) is 8.37. The smallest absolute Gasteiger partial charge is 0.143 e. The van der Waals surface area contributed by atoms with Gasteiger partial charge in [0.2, 0.25) is 0 Å². The van der Waals surface area contributed by atoms with E-state index in [0.29, 0.717) is 24.2 Å². The highest BCUT2D eigenvalue weighted by Gasteiger charge is 2.44. The van der Waals surface area contributed by atoms with Gasteiger partial charge < -0.3 is 5.73 Å². The quantitative estimate of drug-likeness (QED) is 0.837. The standard InChI is InChI=1S/C17H31NO/c1-3-14-6-4-5-7-15(14)16(19)17(12-18)10-8-13(2)9-11-17/h13-15H,3-12,18H2,1-2H3. The molecular weight excluding hydrogens is 234 g/mol. The molecule has 2 aliphatic carbocycles. The first-order chi connectivity index (χ1) is 9.13. The predicted octanol–water partition coefficient (Wildman–Crippen LogP) is 3.93. The fraction of sp³-hybridized carbons (Fsp3) is 0.941. The maximum Gasteiger partial charge on any atom is 0.143 e. The van der Waals surface area contributed by atoms with E-state index < -0.39 is 0 Å². The number of carbonyl (C=O) groups is 1. The Hall–Kier alpha value is -0.370. The Labute approximate surface area is 118 Å². The zero-order chi connectivity index (χ0) is 13.9. The van der Waals surface area contributed by atoms with Crippen LogP contribution in [0.2, 0.25) is 0 Å². The van der Waals surface area contributed by atoms with Crippen LogP contribution in [-0.4, -0.2) is 12.3 Å². The third kappa shape index (κ3) is 3.04. The number of ketones is 1. The Morgan fingerprint density at radius 1 is 1.16 bits per heavy atom. The average molecular weight is 265 g/mol. The molecule has 2 saturated carbocycles. The van der Waals surface area contributed by atoms with Crippen molar-refractivity contribution >= 4 is 5.78 Å². The normalized spacial score (nSPS) is 40.1. The molecule has 2 rings (SSSR count). The van der Waals surface area contributed by atoms with E-state index in [0.717, 1.165) is 31.6 Å². The Bertz CT molecular complexity index is 304. The molecule has 0 amide bonds. The summed E-state index contributed by atoms with van der Waals surface area (Å²) in [4.78, 5) is 13.1. The minimum absolute atomic E-state index is 0.165. The highest BCUT2D eigenvalue weighted by atomic mass is 16.1. The van der Waals surface area contributed by atoms with Crippen molar-refractivity contribution in [3.05, 3.63) is 0 Å². The van der Waals surface area contributed by atoms with Crippen molar-refractivity contribution < 1.29 is 4.79 Å². The van der Waals surface area contributed by atoms with Crippen LogP contribution in [-0.2, 0) is 4.79 Å². The van der Waals surface area contributed by atoms with Gasteiger partial charge in [0.15, 0.2) is 0 Å². The summed E-state index contributed by atoms with van der Waals surface area (Å²) in [5.41, 5.74) is 5.89. The highest BCUT2D eigenvalue weighted by molar-refractivity contribution is 5.87. The van der Waals surface area contributed by atoms with Crippen LogP contribution in [0.1, 0.15) is 71.6 Å². The van der Waals surface area contributed by atoms with Gasteiger partial charge in [-0.15, -0.1) is 0 Å². The molecule has 0 heterocycles. The molecule has 2 atom stereocenters. The number of nitrogens with two attached hydrogens (primary N) is 1. The largest absolute Gasteiger partial charge is 0.329 e. The van der Waals surface area contributed by atoms with E-state index in [1.54, 1.807) is 0 Å². The molecule has 0 bridgehead atoms. The molecule has 2 unspecified atom stereocenters. The van der Waals surface area contributed by atoms with Crippen LogP contribution in [0, 0.1) is 23.2 Å². The zero-order valence-electron chi connectivity index (χ0n) is 12.8. The van der Waals surface area contributed by atoms with Gasteiger partial charge in [0.1, 0.15) is 5.78 Å². The molecule has 0 aromatic carbocycles. The molecule has 0 radical (unpaired) electrons. The minimum Gasteiger partial charge on any atom is -0.329 e. The summed E-state index contributed by atoms with van der Waals surface area (Å²) in [6.45, 7) is 5.13. The van der Waals surface area contributed by atoms with Crippen LogP contribution in [0.25, 0.3) is 0 Å². The number of Topliss-reactive ketones (excluding diaryl/α,β-unsaturated/α-hetero) is 1.